The van der Waals surface area contributed by atoms with E-state index in [1.165, 1.54) is 0 Å². The molecule has 1 saturated heterocycles. The Kier molecular flexibility index (Phi) is 7.07. The van der Waals surface area contributed by atoms with Crippen molar-refractivity contribution in [3.8, 4) is 0 Å². The second-order valence-electron chi connectivity index (χ2n) is 8.30. The summed E-state index contributed by atoms with van der Waals surface area (Å²) in [5.74, 6) is 0.732. The first kappa shape index (κ1) is 23.7. The number of rotatable bonds is 4. The molecule has 0 saturated carbocycles. The van der Waals surface area contributed by atoms with Gasteiger partial charge in [-0.15, -0.1) is 0 Å². The van der Waals surface area contributed by atoms with Gasteiger partial charge in [0.1, 0.15) is 5.82 Å². The highest BCUT2D eigenvalue weighted by Gasteiger charge is 2.32. The maximum absolute atomic E-state index is 13.1. The molecule has 1 aliphatic rings. The molecule has 7 nitrogen and oxygen atoms in total. The molecule has 9 heteroatoms. The number of benzene rings is 2. The van der Waals surface area contributed by atoms with Crippen LogP contribution in [0.1, 0.15) is 32.6 Å². The summed E-state index contributed by atoms with van der Waals surface area (Å²) in [6.45, 7) is 8.54. The van der Waals surface area contributed by atoms with Crippen molar-refractivity contribution in [3.63, 3.8) is 0 Å². The number of nitrogens with zero attached hydrogens (tertiary/aromatic N) is 4. The minimum atomic E-state index is -0.118. The number of hydrogen-bond acceptors (Lipinski definition) is 4. The zero-order valence-corrected chi connectivity index (χ0v) is 21.2. The molecule has 1 fully saturated rings. The summed E-state index contributed by atoms with van der Waals surface area (Å²) in [4.78, 5) is 35.0. The van der Waals surface area contributed by atoms with Crippen molar-refractivity contribution in [1.82, 2.24) is 19.4 Å². The van der Waals surface area contributed by atoms with E-state index in [4.69, 9.17) is 16.6 Å². The van der Waals surface area contributed by atoms with Crippen molar-refractivity contribution in [2.24, 2.45) is 0 Å². The summed E-state index contributed by atoms with van der Waals surface area (Å²) >= 11 is 9.58. The van der Waals surface area contributed by atoms with Gasteiger partial charge in [-0.3, -0.25) is 14.3 Å². The van der Waals surface area contributed by atoms with Crippen LogP contribution in [-0.2, 0) is 6.54 Å². The van der Waals surface area contributed by atoms with Gasteiger partial charge in [-0.1, -0.05) is 23.7 Å². The maximum atomic E-state index is 13.1. The van der Waals surface area contributed by atoms with Crippen molar-refractivity contribution < 1.29 is 4.79 Å². The van der Waals surface area contributed by atoms with Crippen LogP contribution >= 0.6 is 27.5 Å². The minimum absolute atomic E-state index is 0.00440. The number of aromatic nitrogens is 2. The molecule has 2 amide bonds. The van der Waals surface area contributed by atoms with E-state index in [-0.39, 0.29) is 23.7 Å². The number of amides is 2. The number of para-hydroxylation sites is 1. The van der Waals surface area contributed by atoms with Crippen LogP contribution in [0.25, 0.3) is 10.9 Å². The molecule has 0 radical (unpaired) electrons. The number of anilines is 1. The van der Waals surface area contributed by atoms with Gasteiger partial charge < -0.3 is 10.2 Å². The predicted molar refractivity (Wildman–Crippen MR) is 136 cm³/mol. The molecule has 4 rings (SSSR count). The van der Waals surface area contributed by atoms with Crippen molar-refractivity contribution in [1.29, 1.82) is 0 Å². The van der Waals surface area contributed by atoms with E-state index in [1.54, 1.807) is 22.8 Å². The maximum Gasteiger partial charge on any atom is 0.322 e. The van der Waals surface area contributed by atoms with Gasteiger partial charge in [0.2, 0.25) is 0 Å². The van der Waals surface area contributed by atoms with Crippen molar-refractivity contribution in [3.05, 3.63) is 68.1 Å². The molecule has 1 aromatic heterocycles. The Labute approximate surface area is 206 Å². The van der Waals surface area contributed by atoms with E-state index in [0.717, 1.165) is 16.0 Å². The fourth-order valence-electron chi connectivity index (χ4n) is 4.39. The van der Waals surface area contributed by atoms with Crippen molar-refractivity contribution in [2.75, 3.05) is 25.0 Å². The summed E-state index contributed by atoms with van der Waals surface area (Å²) < 4.78 is 2.57. The first-order valence-electron chi connectivity index (χ1n) is 11.1. The largest absolute Gasteiger partial charge is 0.322 e. The van der Waals surface area contributed by atoms with Gasteiger partial charge in [0.05, 0.1) is 22.6 Å². The van der Waals surface area contributed by atoms with E-state index in [0.29, 0.717) is 42.1 Å². The molecule has 2 aromatic carbocycles. The van der Waals surface area contributed by atoms with Crippen molar-refractivity contribution >= 4 is 50.2 Å². The number of urea groups is 1. The van der Waals surface area contributed by atoms with E-state index < -0.39 is 0 Å². The van der Waals surface area contributed by atoms with Gasteiger partial charge in [0.15, 0.2) is 0 Å². The Hall–Kier alpha value is -2.42. The number of hydrogen-bond donors (Lipinski definition) is 1. The van der Waals surface area contributed by atoms with Crippen LogP contribution in [0.5, 0.6) is 0 Å². The predicted octanol–water partition coefficient (Wildman–Crippen LogP) is 5.13. The third kappa shape index (κ3) is 4.78. The minimum Gasteiger partial charge on any atom is -0.319 e. The molecule has 0 bridgehead atoms. The second kappa shape index (κ2) is 9.83. The van der Waals surface area contributed by atoms with Crippen LogP contribution in [0.3, 0.4) is 0 Å². The van der Waals surface area contributed by atoms with Crippen LogP contribution in [0.15, 0.2) is 51.7 Å². The zero-order chi connectivity index (χ0) is 23.7. The second-order valence-corrected chi connectivity index (χ2v) is 9.59. The molecule has 1 N–H and O–H groups in total. The highest BCUT2D eigenvalue weighted by atomic mass is 79.9. The standard InChI is InChI=1S/C24H27BrClN5O2/c1-4-30-22(27-20-10-9-17(26)13-18(20)23(30)32)16(3)29-11-12-31(15(2)14-29)24(33)28-21-8-6-5-7-19(21)25/h5-10,13,15-16H,4,11-12,14H2,1-3H3,(H,28,33). The topological polar surface area (TPSA) is 70.5 Å². The molecular formula is C24H27BrClN5O2. The van der Waals surface area contributed by atoms with Gasteiger partial charge >= 0.3 is 6.03 Å². The van der Waals surface area contributed by atoms with Crippen LogP contribution in [0, 0.1) is 0 Å². The fraction of sp³-hybridized carbons (Fsp3) is 0.375. The summed E-state index contributed by atoms with van der Waals surface area (Å²) in [5.41, 5.74) is 1.32. The van der Waals surface area contributed by atoms with E-state index in [2.05, 4.69) is 33.1 Å². The third-order valence-corrected chi connectivity index (χ3v) is 7.15. The number of fused-ring (bicyclic) bond motifs is 1. The molecule has 0 aliphatic carbocycles. The molecule has 2 unspecified atom stereocenters. The lowest BCUT2D eigenvalue weighted by atomic mass is 10.1. The summed E-state index contributed by atoms with van der Waals surface area (Å²) in [7, 11) is 0. The van der Waals surface area contributed by atoms with Gasteiger partial charge in [-0.2, -0.15) is 0 Å². The molecular weight excluding hydrogens is 506 g/mol. The van der Waals surface area contributed by atoms with E-state index >= 15 is 0 Å². The van der Waals surface area contributed by atoms with Gasteiger partial charge in [-0.25, -0.2) is 9.78 Å². The summed E-state index contributed by atoms with van der Waals surface area (Å²) in [6, 6.07) is 12.6. The Bertz CT molecular complexity index is 1250. The Morgan fingerprint density at radius 2 is 2.03 bits per heavy atom. The lowest BCUT2D eigenvalue weighted by Gasteiger charge is -2.42. The molecule has 33 heavy (non-hydrogen) atoms. The fourth-order valence-corrected chi connectivity index (χ4v) is 4.94. The lowest BCUT2D eigenvalue weighted by molar-refractivity contribution is 0.0793. The molecule has 1 aliphatic heterocycles. The molecule has 2 atom stereocenters. The number of nitrogens with one attached hydrogen (secondary N) is 1. The number of carbonyl (C=O) groups excluding carboxylic acids is 1. The Morgan fingerprint density at radius 1 is 1.27 bits per heavy atom. The number of carbonyl (C=O) groups is 1. The summed E-state index contributed by atoms with van der Waals surface area (Å²) in [5, 5.41) is 4.04. The van der Waals surface area contributed by atoms with Crippen LogP contribution in [0.4, 0.5) is 10.5 Å². The SMILES string of the molecule is CCn1c(C(C)N2CCN(C(=O)Nc3ccccc3Br)C(C)C2)nc2ccc(Cl)cc2c1=O. The quantitative estimate of drug-likeness (QED) is 0.506. The average molecular weight is 533 g/mol. The van der Waals surface area contributed by atoms with E-state index in [9.17, 15) is 9.59 Å². The lowest BCUT2D eigenvalue weighted by Crippen LogP contribution is -2.55. The molecule has 3 aromatic rings. The van der Waals surface area contributed by atoms with Crippen LogP contribution in [-0.4, -0.2) is 51.1 Å². The Morgan fingerprint density at radius 3 is 2.73 bits per heavy atom. The first-order valence-corrected chi connectivity index (χ1v) is 12.2. The molecule has 0 spiro atoms. The van der Waals surface area contributed by atoms with Crippen LogP contribution < -0.4 is 10.9 Å². The number of piperazine rings is 1. The Balaban J connectivity index is 1.53. The van der Waals surface area contributed by atoms with Gasteiger partial charge in [-0.05, 0) is 67.0 Å². The monoisotopic (exact) mass is 531 g/mol. The summed E-state index contributed by atoms with van der Waals surface area (Å²) in [6.07, 6.45) is 0. The third-order valence-electron chi connectivity index (χ3n) is 6.22. The average Bonchev–Trinajstić information content (AvgIpc) is 2.80. The highest BCUT2D eigenvalue weighted by molar-refractivity contribution is 9.10. The first-order chi connectivity index (χ1) is 15.8. The number of halogens is 2. The van der Waals surface area contributed by atoms with Crippen LogP contribution in [0.2, 0.25) is 5.02 Å². The molecule has 174 valence electrons. The van der Waals surface area contributed by atoms with Crippen molar-refractivity contribution in [2.45, 2.75) is 39.4 Å². The molecule has 2 heterocycles. The zero-order valence-electron chi connectivity index (χ0n) is 18.9. The highest BCUT2D eigenvalue weighted by Crippen LogP contribution is 2.26. The smallest absolute Gasteiger partial charge is 0.319 e. The van der Waals surface area contributed by atoms with E-state index in [1.807, 2.05) is 43.0 Å². The normalized spacial score (nSPS) is 17.8. The van der Waals surface area contributed by atoms with Gasteiger partial charge in [0.25, 0.3) is 5.56 Å². The van der Waals surface area contributed by atoms with Gasteiger partial charge in [0, 0.05) is 41.7 Å².